The lowest BCUT2D eigenvalue weighted by Crippen LogP contribution is -2.14. The number of methoxy groups -OCH3 is 1. The number of ether oxygens (including phenoxy) is 2. The van der Waals surface area contributed by atoms with Gasteiger partial charge in [0.15, 0.2) is 6.61 Å². The number of hydrogen-bond donors (Lipinski definition) is 1. The Morgan fingerprint density at radius 1 is 1.12 bits per heavy atom. The molecule has 0 unspecified atom stereocenters. The summed E-state index contributed by atoms with van der Waals surface area (Å²) in [5.74, 6) is -0.318. The minimum Gasteiger partial charge on any atom is -0.497 e. The van der Waals surface area contributed by atoms with E-state index in [1.54, 1.807) is 24.4 Å². The van der Waals surface area contributed by atoms with Gasteiger partial charge >= 0.3 is 5.97 Å². The lowest BCUT2D eigenvalue weighted by molar-refractivity contribution is 0.0474. The van der Waals surface area contributed by atoms with Crippen LogP contribution in [0.5, 0.6) is 5.75 Å². The van der Waals surface area contributed by atoms with E-state index in [-0.39, 0.29) is 12.4 Å². The molecule has 0 aliphatic rings. The molecule has 2 aromatic carbocycles. The molecule has 6 heteroatoms. The first-order chi connectivity index (χ1) is 11.6. The molecule has 0 saturated carbocycles. The van der Waals surface area contributed by atoms with E-state index in [0.717, 1.165) is 10.9 Å². The van der Waals surface area contributed by atoms with E-state index in [2.05, 4.69) is 20.9 Å². The summed E-state index contributed by atoms with van der Waals surface area (Å²) in [6.07, 6.45) is 1.63. The first-order valence-electron chi connectivity index (χ1n) is 7.20. The molecule has 0 bridgehead atoms. The number of H-pyrrole nitrogens is 1. The lowest BCUT2D eigenvalue weighted by atomic mass is 10.1. The zero-order valence-corrected chi connectivity index (χ0v) is 14.4. The summed E-state index contributed by atoms with van der Waals surface area (Å²) in [6, 6.07) is 12.4. The van der Waals surface area contributed by atoms with Crippen molar-refractivity contribution in [2.24, 2.45) is 0 Å². The molecule has 0 radical (unpaired) electrons. The molecule has 1 heterocycles. The monoisotopic (exact) mass is 387 g/mol. The third-order valence-electron chi connectivity index (χ3n) is 3.62. The van der Waals surface area contributed by atoms with Gasteiger partial charge in [0.1, 0.15) is 5.75 Å². The largest absolute Gasteiger partial charge is 0.497 e. The molecule has 0 aliphatic carbocycles. The van der Waals surface area contributed by atoms with Crippen molar-refractivity contribution in [1.82, 2.24) is 4.98 Å². The summed E-state index contributed by atoms with van der Waals surface area (Å²) in [4.78, 5) is 27.6. The predicted molar refractivity (Wildman–Crippen MR) is 93.6 cm³/mol. The average molecular weight is 388 g/mol. The average Bonchev–Trinajstić information content (AvgIpc) is 3.04. The number of fused-ring (bicyclic) bond motifs is 1. The highest BCUT2D eigenvalue weighted by Gasteiger charge is 2.17. The second kappa shape index (κ2) is 6.88. The van der Waals surface area contributed by atoms with Gasteiger partial charge in [-0.3, -0.25) is 4.79 Å². The standard InChI is InChI=1S/C18H14BrNO4/c1-23-11-6-7-15(19)13(8-11)18(22)24-10-17(21)14-9-20-16-5-3-2-4-12(14)16/h2-9,20H,10H2,1H3. The summed E-state index contributed by atoms with van der Waals surface area (Å²) in [6.45, 7) is -0.329. The molecule has 0 aliphatic heterocycles. The number of halogens is 1. The van der Waals surface area contributed by atoms with Crippen molar-refractivity contribution >= 4 is 38.6 Å². The van der Waals surface area contributed by atoms with Crippen LogP contribution < -0.4 is 4.74 Å². The first-order valence-corrected chi connectivity index (χ1v) is 7.99. The minimum atomic E-state index is -0.589. The van der Waals surface area contributed by atoms with Crippen molar-refractivity contribution in [3.05, 3.63) is 64.3 Å². The van der Waals surface area contributed by atoms with Gasteiger partial charge < -0.3 is 14.5 Å². The maximum atomic E-state index is 12.3. The number of aromatic amines is 1. The third-order valence-corrected chi connectivity index (χ3v) is 4.31. The molecule has 3 aromatic rings. The molecular weight excluding hydrogens is 374 g/mol. The highest BCUT2D eigenvalue weighted by Crippen LogP contribution is 2.23. The lowest BCUT2D eigenvalue weighted by Gasteiger charge is -2.07. The number of aromatic nitrogens is 1. The van der Waals surface area contributed by atoms with Crippen LogP contribution in [0, 0.1) is 0 Å². The van der Waals surface area contributed by atoms with Gasteiger partial charge in [0, 0.05) is 27.1 Å². The fourth-order valence-corrected chi connectivity index (χ4v) is 2.79. The summed E-state index contributed by atoms with van der Waals surface area (Å²) < 4.78 is 10.8. The van der Waals surface area contributed by atoms with E-state index >= 15 is 0 Å². The maximum absolute atomic E-state index is 12.3. The van der Waals surface area contributed by atoms with Gasteiger partial charge in [-0.15, -0.1) is 0 Å². The van der Waals surface area contributed by atoms with Gasteiger partial charge in [-0.2, -0.15) is 0 Å². The highest BCUT2D eigenvalue weighted by molar-refractivity contribution is 9.10. The van der Waals surface area contributed by atoms with Crippen molar-refractivity contribution in [3.8, 4) is 5.75 Å². The smallest absolute Gasteiger partial charge is 0.339 e. The van der Waals surface area contributed by atoms with Gasteiger partial charge in [0.05, 0.1) is 12.7 Å². The van der Waals surface area contributed by atoms with Crippen LogP contribution in [0.2, 0.25) is 0 Å². The fraction of sp³-hybridized carbons (Fsp3) is 0.111. The predicted octanol–water partition coefficient (Wildman–Crippen LogP) is 3.98. The quantitative estimate of drug-likeness (QED) is 0.530. The molecule has 0 atom stereocenters. The fourth-order valence-electron chi connectivity index (χ4n) is 2.38. The van der Waals surface area contributed by atoms with Crippen LogP contribution in [-0.2, 0) is 4.74 Å². The Labute approximate surface area is 146 Å². The van der Waals surface area contributed by atoms with Crippen molar-refractivity contribution < 1.29 is 19.1 Å². The van der Waals surface area contributed by atoms with Crippen LogP contribution in [0.25, 0.3) is 10.9 Å². The van der Waals surface area contributed by atoms with Crippen molar-refractivity contribution in [2.75, 3.05) is 13.7 Å². The topological polar surface area (TPSA) is 68.4 Å². The van der Waals surface area contributed by atoms with Crippen LogP contribution in [0.15, 0.2) is 53.1 Å². The Morgan fingerprint density at radius 3 is 2.71 bits per heavy atom. The van der Waals surface area contributed by atoms with Crippen LogP contribution in [0.1, 0.15) is 20.7 Å². The van der Waals surface area contributed by atoms with Crippen molar-refractivity contribution in [3.63, 3.8) is 0 Å². The Kier molecular flexibility index (Phi) is 4.66. The van der Waals surface area contributed by atoms with E-state index in [4.69, 9.17) is 9.47 Å². The van der Waals surface area contributed by atoms with Gasteiger partial charge in [-0.05, 0) is 40.2 Å². The molecule has 5 nitrogen and oxygen atoms in total. The Balaban J connectivity index is 1.73. The summed E-state index contributed by atoms with van der Waals surface area (Å²) >= 11 is 3.29. The van der Waals surface area contributed by atoms with E-state index in [1.807, 2.05) is 24.3 Å². The number of carbonyl (C=O) groups excluding carboxylic acids is 2. The number of Topliss-reactive ketones (excluding diaryl/α,β-unsaturated/α-hetero) is 1. The third kappa shape index (κ3) is 3.19. The SMILES string of the molecule is COc1ccc(Br)c(C(=O)OCC(=O)c2c[nH]c3ccccc23)c1. The minimum absolute atomic E-state index is 0.264. The molecule has 24 heavy (non-hydrogen) atoms. The van der Waals surface area contributed by atoms with E-state index in [9.17, 15) is 9.59 Å². The number of para-hydroxylation sites is 1. The summed E-state index contributed by atoms with van der Waals surface area (Å²) in [5, 5.41) is 0.807. The second-order valence-electron chi connectivity index (χ2n) is 5.09. The molecule has 0 saturated heterocycles. The number of nitrogens with one attached hydrogen (secondary N) is 1. The molecule has 1 N–H and O–H groups in total. The molecular formula is C18H14BrNO4. The number of ketones is 1. The van der Waals surface area contributed by atoms with Gasteiger partial charge in [0.25, 0.3) is 0 Å². The Morgan fingerprint density at radius 2 is 1.92 bits per heavy atom. The Hall–Kier alpha value is -2.60. The van der Waals surface area contributed by atoms with Crippen LogP contribution in [-0.4, -0.2) is 30.5 Å². The number of rotatable bonds is 5. The van der Waals surface area contributed by atoms with E-state index < -0.39 is 5.97 Å². The second-order valence-corrected chi connectivity index (χ2v) is 5.95. The van der Waals surface area contributed by atoms with Gasteiger partial charge in [-0.25, -0.2) is 4.79 Å². The van der Waals surface area contributed by atoms with Crippen molar-refractivity contribution in [1.29, 1.82) is 0 Å². The number of benzene rings is 2. The van der Waals surface area contributed by atoms with E-state index in [1.165, 1.54) is 7.11 Å². The van der Waals surface area contributed by atoms with Crippen LogP contribution in [0.3, 0.4) is 0 Å². The number of hydrogen-bond acceptors (Lipinski definition) is 4. The summed E-state index contributed by atoms with van der Waals surface area (Å²) in [7, 11) is 1.51. The molecule has 1 aromatic heterocycles. The normalized spacial score (nSPS) is 10.6. The number of esters is 1. The first kappa shape index (κ1) is 16.3. The van der Waals surface area contributed by atoms with Gasteiger partial charge in [-0.1, -0.05) is 18.2 Å². The van der Waals surface area contributed by atoms with Crippen molar-refractivity contribution in [2.45, 2.75) is 0 Å². The zero-order chi connectivity index (χ0) is 17.1. The molecule has 0 spiro atoms. The molecule has 0 fully saturated rings. The maximum Gasteiger partial charge on any atom is 0.339 e. The van der Waals surface area contributed by atoms with Crippen LogP contribution >= 0.6 is 15.9 Å². The van der Waals surface area contributed by atoms with E-state index in [0.29, 0.717) is 21.3 Å². The highest BCUT2D eigenvalue weighted by atomic mass is 79.9. The number of carbonyl (C=O) groups is 2. The van der Waals surface area contributed by atoms with Crippen LogP contribution in [0.4, 0.5) is 0 Å². The molecule has 0 amide bonds. The molecule has 3 rings (SSSR count). The Bertz CT molecular complexity index is 916. The summed E-state index contributed by atoms with van der Waals surface area (Å²) in [5.41, 5.74) is 1.67. The van der Waals surface area contributed by atoms with Gasteiger partial charge in [0.2, 0.25) is 5.78 Å². The molecule has 122 valence electrons. The zero-order valence-electron chi connectivity index (χ0n) is 12.8.